The van der Waals surface area contributed by atoms with E-state index in [1.165, 1.54) is 6.26 Å². The van der Waals surface area contributed by atoms with Crippen molar-refractivity contribution in [2.45, 2.75) is 38.8 Å². The van der Waals surface area contributed by atoms with Gasteiger partial charge in [-0.2, -0.15) is 0 Å². The van der Waals surface area contributed by atoms with Crippen molar-refractivity contribution in [2.24, 2.45) is 0 Å². The topological polar surface area (TPSA) is 49.4 Å². The van der Waals surface area contributed by atoms with E-state index < -0.39 is 9.84 Å². The summed E-state index contributed by atoms with van der Waals surface area (Å²) in [6.07, 6.45) is 2.37. The van der Waals surface area contributed by atoms with Gasteiger partial charge in [0.2, 0.25) is 0 Å². The maximum absolute atomic E-state index is 11.2. The summed E-state index contributed by atoms with van der Waals surface area (Å²) in [5, 5.41) is 3.53. The minimum absolute atomic E-state index is 0.129. The normalized spacial score (nSPS) is 32.9. The number of sulfone groups is 1. The van der Waals surface area contributed by atoms with Crippen LogP contribution in [0.2, 0.25) is 0 Å². The summed E-state index contributed by atoms with van der Waals surface area (Å²) in [4.78, 5) is 2.28. The van der Waals surface area contributed by atoms with E-state index in [1.54, 1.807) is 0 Å². The number of nitrogens with zero attached hydrogens (tertiary/aromatic N) is 1. The van der Waals surface area contributed by atoms with Crippen molar-refractivity contribution in [1.29, 1.82) is 0 Å². The average molecular weight is 248 g/mol. The van der Waals surface area contributed by atoms with Crippen LogP contribution < -0.4 is 5.32 Å². The van der Waals surface area contributed by atoms with E-state index in [0.29, 0.717) is 12.6 Å². The summed E-state index contributed by atoms with van der Waals surface area (Å²) in [7, 11) is -2.85. The van der Waals surface area contributed by atoms with Crippen LogP contribution in [-0.2, 0) is 9.84 Å². The van der Waals surface area contributed by atoms with Crippen LogP contribution >= 0.6 is 0 Å². The highest BCUT2D eigenvalue weighted by Crippen LogP contribution is 2.18. The SMILES string of the molecule is CCC1(C)CN(CCS(C)(=O)=O)C(C)CN1. The minimum atomic E-state index is -2.85. The van der Waals surface area contributed by atoms with Crippen LogP contribution in [0.15, 0.2) is 0 Å². The van der Waals surface area contributed by atoms with Crippen LogP contribution in [0.4, 0.5) is 0 Å². The molecule has 1 fully saturated rings. The summed E-state index contributed by atoms with van der Waals surface area (Å²) < 4.78 is 22.3. The lowest BCUT2D eigenvalue weighted by atomic mass is 9.94. The summed E-state index contributed by atoms with van der Waals surface area (Å²) in [5.74, 6) is 0.261. The third kappa shape index (κ3) is 4.03. The predicted octanol–water partition coefficient (Wildman–Crippen LogP) is 0.493. The summed E-state index contributed by atoms with van der Waals surface area (Å²) >= 11 is 0. The Bertz CT molecular complexity index is 329. The van der Waals surface area contributed by atoms with Crippen LogP contribution in [0.1, 0.15) is 27.2 Å². The fourth-order valence-electron chi connectivity index (χ4n) is 2.00. The molecule has 0 bridgehead atoms. The molecule has 0 aromatic heterocycles. The molecule has 0 spiro atoms. The van der Waals surface area contributed by atoms with E-state index in [9.17, 15) is 8.42 Å². The quantitative estimate of drug-likeness (QED) is 0.787. The van der Waals surface area contributed by atoms with Gasteiger partial charge < -0.3 is 5.32 Å². The van der Waals surface area contributed by atoms with Crippen molar-refractivity contribution >= 4 is 9.84 Å². The zero-order chi connectivity index (χ0) is 12.4. The standard InChI is InChI=1S/C11H24N2O2S/c1-5-11(3)9-13(10(2)8-12-11)6-7-16(4,14)15/h10,12H,5-9H2,1-4H3. The van der Waals surface area contributed by atoms with Gasteiger partial charge in [0.25, 0.3) is 0 Å². The zero-order valence-corrected chi connectivity index (χ0v) is 11.6. The van der Waals surface area contributed by atoms with Crippen molar-refractivity contribution in [2.75, 3.05) is 31.6 Å². The molecule has 5 heteroatoms. The van der Waals surface area contributed by atoms with Crippen LogP contribution in [-0.4, -0.2) is 56.5 Å². The molecule has 16 heavy (non-hydrogen) atoms. The van der Waals surface area contributed by atoms with Gasteiger partial charge in [0.15, 0.2) is 0 Å². The van der Waals surface area contributed by atoms with Gasteiger partial charge in [0, 0.05) is 37.5 Å². The molecule has 1 aliphatic heterocycles. The fraction of sp³-hybridized carbons (Fsp3) is 1.00. The smallest absolute Gasteiger partial charge is 0.148 e. The molecule has 1 aliphatic rings. The Labute approximate surface area is 99.3 Å². The summed E-state index contributed by atoms with van der Waals surface area (Å²) in [6, 6.07) is 0.418. The molecular weight excluding hydrogens is 224 g/mol. The molecule has 1 heterocycles. The fourth-order valence-corrected chi connectivity index (χ4v) is 2.57. The molecule has 1 N–H and O–H groups in total. The van der Waals surface area contributed by atoms with Gasteiger partial charge in [-0.05, 0) is 20.3 Å². The van der Waals surface area contributed by atoms with Crippen molar-refractivity contribution < 1.29 is 8.42 Å². The van der Waals surface area contributed by atoms with Gasteiger partial charge in [-0.1, -0.05) is 6.92 Å². The highest BCUT2D eigenvalue weighted by atomic mass is 32.2. The molecule has 0 radical (unpaired) electrons. The largest absolute Gasteiger partial charge is 0.309 e. The first kappa shape index (κ1) is 13.9. The van der Waals surface area contributed by atoms with Gasteiger partial charge >= 0.3 is 0 Å². The Morgan fingerprint density at radius 3 is 2.62 bits per heavy atom. The molecule has 96 valence electrons. The predicted molar refractivity (Wildman–Crippen MR) is 67.4 cm³/mol. The molecule has 2 atom stereocenters. The van der Waals surface area contributed by atoms with E-state index >= 15 is 0 Å². The Morgan fingerprint density at radius 1 is 1.50 bits per heavy atom. The van der Waals surface area contributed by atoms with Gasteiger partial charge in [-0.3, -0.25) is 4.90 Å². The lowest BCUT2D eigenvalue weighted by molar-refractivity contribution is 0.0993. The van der Waals surface area contributed by atoms with E-state index in [4.69, 9.17) is 0 Å². The van der Waals surface area contributed by atoms with Crippen LogP contribution in [0, 0.1) is 0 Å². The van der Waals surface area contributed by atoms with Crippen LogP contribution in [0.3, 0.4) is 0 Å². The van der Waals surface area contributed by atoms with Gasteiger partial charge in [-0.25, -0.2) is 8.42 Å². The molecular formula is C11H24N2O2S. The lowest BCUT2D eigenvalue weighted by Gasteiger charge is -2.44. The van der Waals surface area contributed by atoms with Crippen molar-refractivity contribution in [3.63, 3.8) is 0 Å². The molecule has 0 aromatic rings. The van der Waals surface area contributed by atoms with Gasteiger partial charge in [0.1, 0.15) is 9.84 Å². The molecule has 0 amide bonds. The maximum atomic E-state index is 11.2. The number of hydrogen-bond acceptors (Lipinski definition) is 4. The second-order valence-electron chi connectivity index (χ2n) is 5.24. The Kier molecular flexibility index (Phi) is 4.37. The van der Waals surface area contributed by atoms with E-state index in [2.05, 4.69) is 31.0 Å². The van der Waals surface area contributed by atoms with E-state index in [1.807, 2.05) is 0 Å². The first-order valence-corrected chi connectivity index (χ1v) is 7.98. The maximum Gasteiger partial charge on any atom is 0.148 e. The molecule has 1 saturated heterocycles. The molecule has 4 nitrogen and oxygen atoms in total. The highest BCUT2D eigenvalue weighted by Gasteiger charge is 2.32. The molecule has 0 saturated carbocycles. The summed E-state index contributed by atoms with van der Waals surface area (Å²) in [5.41, 5.74) is 0.129. The Hall–Kier alpha value is -0.130. The first-order valence-electron chi connectivity index (χ1n) is 5.92. The monoisotopic (exact) mass is 248 g/mol. The number of rotatable bonds is 4. The molecule has 1 rings (SSSR count). The summed E-state index contributed by atoms with van der Waals surface area (Å²) in [6.45, 7) is 9.03. The first-order chi connectivity index (χ1) is 7.26. The van der Waals surface area contributed by atoms with Crippen molar-refractivity contribution in [1.82, 2.24) is 10.2 Å². The second-order valence-corrected chi connectivity index (χ2v) is 7.50. The third-order valence-corrected chi connectivity index (χ3v) is 4.45. The second kappa shape index (κ2) is 5.02. The average Bonchev–Trinajstić information content (AvgIpc) is 2.19. The van der Waals surface area contributed by atoms with Crippen LogP contribution in [0.25, 0.3) is 0 Å². The third-order valence-electron chi connectivity index (χ3n) is 3.53. The number of piperazine rings is 1. The van der Waals surface area contributed by atoms with Crippen molar-refractivity contribution in [3.8, 4) is 0 Å². The number of nitrogens with one attached hydrogen (secondary N) is 1. The van der Waals surface area contributed by atoms with Gasteiger partial charge in [0.05, 0.1) is 5.75 Å². The molecule has 0 aliphatic carbocycles. The van der Waals surface area contributed by atoms with Crippen LogP contribution in [0.5, 0.6) is 0 Å². The molecule has 2 unspecified atom stereocenters. The Balaban J connectivity index is 2.57. The minimum Gasteiger partial charge on any atom is -0.309 e. The zero-order valence-electron chi connectivity index (χ0n) is 10.8. The van der Waals surface area contributed by atoms with Gasteiger partial charge in [-0.15, -0.1) is 0 Å². The molecule has 0 aromatic carbocycles. The van der Waals surface area contributed by atoms with Crippen molar-refractivity contribution in [3.05, 3.63) is 0 Å². The van der Waals surface area contributed by atoms with E-state index in [0.717, 1.165) is 19.5 Å². The Morgan fingerprint density at radius 2 is 2.12 bits per heavy atom. The van der Waals surface area contributed by atoms with E-state index in [-0.39, 0.29) is 11.3 Å². The number of hydrogen-bond donors (Lipinski definition) is 1. The highest BCUT2D eigenvalue weighted by molar-refractivity contribution is 7.90. The lowest BCUT2D eigenvalue weighted by Crippen LogP contribution is -2.62.